The average molecular weight is 475 g/mol. The molecule has 8 nitrogen and oxygen atoms in total. The van der Waals surface area contributed by atoms with Gasteiger partial charge in [-0.2, -0.15) is 0 Å². The first kappa shape index (κ1) is 22.3. The number of thioether (sulfide) groups is 2. The fourth-order valence-electron chi connectivity index (χ4n) is 2.63. The molecule has 0 radical (unpaired) electrons. The molecule has 1 saturated heterocycles. The van der Waals surface area contributed by atoms with Crippen molar-refractivity contribution in [1.29, 1.82) is 0 Å². The lowest BCUT2D eigenvalue weighted by atomic mass is 10.2. The fraction of sp³-hybridized carbons (Fsp3) is 0.471. The van der Waals surface area contributed by atoms with Gasteiger partial charge in [0.2, 0.25) is 5.13 Å². The predicted octanol–water partition coefficient (Wildman–Crippen LogP) is 3.04. The van der Waals surface area contributed by atoms with Crippen molar-refractivity contribution in [3.63, 3.8) is 0 Å². The number of hydrogen-bond acceptors (Lipinski definition) is 9. The Morgan fingerprint density at radius 3 is 2.76 bits per heavy atom. The highest BCUT2D eigenvalue weighted by atomic mass is 32.2. The summed E-state index contributed by atoms with van der Waals surface area (Å²) in [5, 5.41) is 8.11. The van der Waals surface area contributed by atoms with Crippen molar-refractivity contribution in [3.8, 4) is 0 Å². The van der Waals surface area contributed by atoms with Gasteiger partial charge in [-0.1, -0.05) is 30.0 Å². The topological polar surface area (TPSA) is 101 Å². The van der Waals surface area contributed by atoms with Gasteiger partial charge in [-0.05, 0) is 30.9 Å². The van der Waals surface area contributed by atoms with E-state index in [1.807, 2.05) is 6.26 Å². The zero-order chi connectivity index (χ0) is 20.9. The summed E-state index contributed by atoms with van der Waals surface area (Å²) in [4.78, 5) is 15.4. The van der Waals surface area contributed by atoms with Crippen LogP contribution >= 0.6 is 34.9 Å². The van der Waals surface area contributed by atoms with Gasteiger partial charge in [0.25, 0.3) is 15.9 Å². The van der Waals surface area contributed by atoms with Crippen molar-refractivity contribution >= 4 is 55.9 Å². The molecule has 158 valence electrons. The number of anilines is 1. The minimum atomic E-state index is -3.89. The molecule has 1 aromatic carbocycles. The van der Waals surface area contributed by atoms with Gasteiger partial charge < -0.3 is 9.64 Å². The van der Waals surface area contributed by atoms with E-state index in [0.29, 0.717) is 36.2 Å². The van der Waals surface area contributed by atoms with Crippen LogP contribution in [0.1, 0.15) is 23.7 Å². The van der Waals surface area contributed by atoms with Crippen LogP contribution in [0.2, 0.25) is 0 Å². The molecule has 1 N–H and O–H groups in total. The molecular weight excluding hydrogens is 452 g/mol. The summed E-state index contributed by atoms with van der Waals surface area (Å²) in [5.74, 6) is 0.703. The van der Waals surface area contributed by atoms with E-state index in [2.05, 4.69) is 21.8 Å². The van der Waals surface area contributed by atoms with Gasteiger partial charge in [0.15, 0.2) is 4.34 Å². The molecule has 0 spiro atoms. The highest BCUT2D eigenvalue weighted by Gasteiger charge is 2.24. The summed E-state index contributed by atoms with van der Waals surface area (Å²) < 4.78 is 34.2. The van der Waals surface area contributed by atoms with Gasteiger partial charge in [0, 0.05) is 23.7 Å². The molecule has 12 heteroatoms. The van der Waals surface area contributed by atoms with E-state index in [9.17, 15) is 13.2 Å². The largest absolute Gasteiger partial charge is 0.378 e. The summed E-state index contributed by atoms with van der Waals surface area (Å²) in [6.45, 7) is 4.01. The van der Waals surface area contributed by atoms with E-state index in [-0.39, 0.29) is 15.9 Å². The van der Waals surface area contributed by atoms with E-state index in [1.54, 1.807) is 11.0 Å². The maximum absolute atomic E-state index is 12.9. The SMILES string of the molecule is CCCSc1nnc(NS(=O)(=O)c2ccc(SC)c(C(=O)N3CCOCC3)c2)s1. The second-order valence-electron chi connectivity index (χ2n) is 6.09. The number of carbonyl (C=O) groups excluding carboxylic acids is 1. The van der Waals surface area contributed by atoms with Crippen molar-refractivity contribution in [2.75, 3.05) is 43.0 Å². The molecular formula is C17H22N4O4S4. The Morgan fingerprint density at radius 1 is 1.31 bits per heavy atom. The second-order valence-corrected chi connectivity index (χ2v) is 10.9. The summed E-state index contributed by atoms with van der Waals surface area (Å²) in [6.07, 6.45) is 2.85. The zero-order valence-electron chi connectivity index (χ0n) is 16.1. The minimum Gasteiger partial charge on any atom is -0.378 e. The van der Waals surface area contributed by atoms with Gasteiger partial charge in [0.1, 0.15) is 0 Å². The molecule has 0 unspecified atom stereocenters. The van der Waals surface area contributed by atoms with Crippen molar-refractivity contribution in [3.05, 3.63) is 23.8 Å². The Bertz CT molecular complexity index is 958. The number of morpholine rings is 1. The van der Waals surface area contributed by atoms with E-state index in [0.717, 1.165) is 17.1 Å². The predicted molar refractivity (Wildman–Crippen MR) is 117 cm³/mol. The molecule has 1 amide bonds. The highest BCUT2D eigenvalue weighted by Crippen LogP contribution is 2.29. The molecule has 1 aliphatic heterocycles. The van der Waals surface area contributed by atoms with Gasteiger partial charge in [0.05, 0.1) is 23.7 Å². The number of amides is 1. The van der Waals surface area contributed by atoms with Gasteiger partial charge in [-0.25, -0.2) is 8.42 Å². The van der Waals surface area contributed by atoms with Gasteiger partial charge >= 0.3 is 0 Å². The lowest BCUT2D eigenvalue weighted by Gasteiger charge is -2.27. The Balaban J connectivity index is 1.83. The van der Waals surface area contributed by atoms with Crippen molar-refractivity contribution < 1.29 is 17.9 Å². The molecule has 0 aliphatic carbocycles. The zero-order valence-corrected chi connectivity index (χ0v) is 19.3. The number of sulfonamides is 1. The quantitative estimate of drug-likeness (QED) is 0.583. The maximum Gasteiger partial charge on any atom is 0.263 e. The monoisotopic (exact) mass is 474 g/mol. The van der Waals surface area contributed by atoms with Crippen LogP contribution in [0, 0.1) is 0 Å². The molecule has 0 atom stereocenters. The first-order chi connectivity index (χ1) is 13.9. The summed E-state index contributed by atoms with van der Waals surface area (Å²) >= 11 is 4.13. The van der Waals surface area contributed by atoms with Crippen LogP contribution in [0.4, 0.5) is 5.13 Å². The van der Waals surface area contributed by atoms with E-state index in [4.69, 9.17) is 4.74 Å². The van der Waals surface area contributed by atoms with Crippen LogP contribution in [0.25, 0.3) is 0 Å². The Labute approximate surface area is 182 Å². The summed E-state index contributed by atoms with van der Waals surface area (Å²) in [7, 11) is -3.89. The van der Waals surface area contributed by atoms with Crippen LogP contribution < -0.4 is 4.72 Å². The number of nitrogens with one attached hydrogen (secondary N) is 1. The van der Waals surface area contributed by atoms with E-state index in [1.165, 1.54) is 47.0 Å². The molecule has 3 rings (SSSR count). The number of aromatic nitrogens is 2. The normalized spacial score (nSPS) is 14.8. The minimum absolute atomic E-state index is 0.0184. The van der Waals surface area contributed by atoms with Gasteiger partial charge in [-0.15, -0.1) is 22.0 Å². The standard InChI is InChI=1S/C17H22N4O4S4/c1-3-10-27-17-19-18-16(28-17)20-29(23,24)12-4-5-14(26-2)13(11-12)15(22)21-6-8-25-9-7-21/h4-5,11H,3,6-10H2,1-2H3,(H,18,20). The number of rotatable bonds is 8. The smallest absolute Gasteiger partial charge is 0.263 e. The maximum atomic E-state index is 12.9. The van der Waals surface area contributed by atoms with Crippen LogP contribution in [0.5, 0.6) is 0 Å². The molecule has 1 aromatic heterocycles. The van der Waals surface area contributed by atoms with Crippen LogP contribution in [0.15, 0.2) is 32.3 Å². The molecule has 2 aromatic rings. The molecule has 0 bridgehead atoms. The van der Waals surface area contributed by atoms with Crippen LogP contribution in [0.3, 0.4) is 0 Å². The fourth-order valence-corrected chi connectivity index (χ4v) is 6.13. The van der Waals surface area contributed by atoms with Crippen molar-refractivity contribution in [1.82, 2.24) is 15.1 Å². The third-order valence-electron chi connectivity index (χ3n) is 4.07. The first-order valence-electron chi connectivity index (χ1n) is 8.98. The van der Waals surface area contributed by atoms with Crippen molar-refractivity contribution in [2.24, 2.45) is 0 Å². The van der Waals surface area contributed by atoms with Crippen LogP contribution in [-0.4, -0.2) is 67.7 Å². The Morgan fingerprint density at radius 2 is 2.07 bits per heavy atom. The number of benzene rings is 1. The first-order valence-corrected chi connectivity index (χ1v) is 13.5. The third kappa shape index (κ3) is 5.63. The third-order valence-corrected chi connectivity index (χ3v) is 8.51. The second kappa shape index (κ2) is 10.1. The molecule has 1 aliphatic rings. The van der Waals surface area contributed by atoms with Crippen LogP contribution in [-0.2, 0) is 14.8 Å². The number of hydrogen-bond donors (Lipinski definition) is 1. The van der Waals surface area contributed by atoms with Gasteiger partial charge in [-0.3, -0.25) is 9.52 Å². The van der Waals surface area contributed by atoms with E-state index >= 15 is 0 Å². The molecule has 29 heavy (non-hydrogen) atoms. The number of ether oxygens (including phenoxy) is 1. The summed E-state index contributed by atoms with van der Waals surface area (Å²) in [5.41, 5.74) is 0.374. The van der Waals surface area contributed by atoms with E-state index < -0.39 is 10.0 Å². The van der Waals surface area contributed by atoms with Crippen molar-refractivity contribution in [2.45, 2.75) is 27.5 Å². The average Bonchev–Trinajstić information content (AvgIpc) is 3.18. The Kier molecular flexibility index (Phi) is 7.79. The number of nitrogens with zero attached hydrogens (tertiary/aromatic N) is 3. The summed E-state index contributed by atoms with van der Waals surface area (Å²) in [6, 6.07) is 4.59. The number of carbonyl (C=O) groups is 1. The lowest BCUT2D eigenvalue weighted by molar-refractivity contribution is 0.0300. The molecule has 0 saturated carbocycles. The molecule has 1 fully saturated rings. The molecule has 2 heterocycles. The highest BCUT2D eigenvalue weighted by molar-refractivity contribution is 8.01. The Hall–Kier alpha value is -1.34. The lowest BCUT2D eigenvalue weighted by Crippen LogP contribution is -2.40.